The van der Waals surface area contributed by atoms with E-state index in [0.29, 0.717) is 19.5 Å². The molecular weight excluding hydrogens is 244 g/mol. The van der Waals surface area contributed by atoms with Crippen LogP contribution in [0.3, 0.4) is 0 Å². The summed E-state index contributed by atoms with van der Waals surface area (Å²) in [6.07, 6.45) is 4.97. The summed E-state index contributed by atoms with van der Waals surface area (Å²) < 4.78 is 0. The van der Waals surface area contributed by atoms with Crippen LogP contribution in [0.1, 0.15) is 25.3 Å². The lowest BCUT2D eigenvalue weighted by molar-refractivity contribution is -0.153. The third-order valence-corrected chi connectivity index (χ3v) is 3.64. The van der Waals surface area contributed by atoms with Gasteiger partial charge in [-0.1, -0.05) is 6.07 Å². The van der Waals surface area contributed by atoms with Crippen molar-refractivity contribution in [3.8, 4) is 0 Å². The Hall–Kier alpha value is -1.91. The molecule has 1 atom stereocenters. The van der Waals surface area contributed by atoms with Gasteiger partial charge in [-0.05, 0) is 31.4 Å². The van der Waals surface area contributed by atoms with E-state index in [1.807, 2.05) is 6.07 Å². The molecule has 19 heavy (non-hydrogen) atoms. The quantitative estimate of drug-likeness (QED) is 0.892. The van der Waals surface area contributed by atoms with Crippen molar-refractivity contribution in [2.45, 2.75) is 26.2 Å². The first-order chi connectivity index (χ1) is 9.01. The highest BCUT2D eigenvalue weighted by Crippen LogP contribution is 2.29. The first kappa shape index (κ1) is 13.5. The van der Waals surface area contributed by atoms with Gasteiger partial charge >= 0.3 is 5.97 Å². The van der Waals surface area contributed by atoms with Gasteiger partial charge in [0.2, 0.25) is 5.91 Å². The van der Waals surface area contributed by atoms with Crippen LogP contribution in [-0.2, 0) is 16.0 Å². The zero-order valence-electron chi connectivity index (χ0n) is 11.0. The van der Waals surface area contributed by atoms with Crippen LogP contribution >= 0.6 is 0 Å². The van der Waals surface area contributed by atoms with E-state index in [4.69, 9.17) is 0 Å². The summed E-state index contributed by atoms with van der Waals surface area (Å²) in [5.41, 5.74) is 0.0400. The molecule has 0 aliphatic carbocycles. The van der Waals surface area contributed by atoms with Crippen LogP contribution in [0.5, 0.6) is 0 Å². The summed E-state index contributed by atoms with van der Waals surface area (Å²) >= 11 is 0. The van der Waals surface area contributed by atoms with Crippen molar-refractivity contribution in [1.82, 2.24) is 9.88 Å². The molecule has 0 saturated carbocycles. The van der Waals surface area contributed by atoms with Crippen molar-refractivity contribution >= 4 is 11.9 Å². The predicted octanol–water partition coefficient (Wildman–Crippen LogP) is 1.34. The predicted molar refractivity (Wildman–Crippen MR) is 69.5 cm³/mol. The van der Waals surface area contributed by atoms with E-state index >= 15 is 0 Å². The molecule has 0 radical (unpaired) electrons. The Labute approximate surface area is 112 Å². The maximum absolute atomic E-state index is 12.2. The van der Waals surface area contributed by atoms with Gasteiger partial charge in [0.25, 0.3) is 0 Å². The third kappa shape index (κ3) is 3.10. The van der Waals surface area contributed by atoms with Crippen LogP contribution < -0.4 is 0 Å². The van der Waals surface area contributed by atoms with E-state index in [9.17, 15) is 14.7 Å². The number of rotatable bonds is 3. The van der Waals surface area contributed by atoms with E-state index in [1.165, 1.54) is 0 Å². The Balaban J connectivity index is 2.02. The van der Waals surface area contributed by atoms with E-state index in [2.05, 4.69) is 4.98 Å². The number of hydrogen-bond acceptors (Lipinski definition) is 3. The summed E-state index contributed by atoms with van der Waals surface area (Å²) in [7, 11) is 0. The highest BCUT2D eigenvalue weighted by atomic mass is 16.4. The summed E-state index contributed by atoms with van der Waals surface area (Å²) in [6.45, 7) is 2.64. The van der Waals surface area contributed by atoms with Gasteiger partial charge in [-0.3, -0.25) is 14.6 Å². The highest BCUT2D eigenvalue weighted by Gasteiger charge is 2.39. The van der Waals surface area contributed by atoms with E-state index in [-0.39, 0.29) is 12.3 Å². The standard InChI is InChI=1S/C14H18N2O3/c1-14(13(18)19)5-3-7-16(10-14)12(17)8-11-4-2-6-15-9-11/h2,4,6,9H,3,5,7-8,10H2,1H3,(H,18,19). The van der Waals surface area contributed by atoms with Gasteiger partial charge in [-0.15, -0.1) is 0 Å². The average Bonchev–Trinajstić information content (AvgIpc) is 2.40. The third-order valence-electron chi connectivity index (χ3n) is 3.64. The van der Waals surface area contributed by atoms with Crippen LogP contribution in [0.25, 0.3) is 0 Å². The lowest BCUT2D eigenvalue weighted by Gasteiger charge is -2.37. The smallest absolute Gasteiger partial charge is 0.311 e. The number of amides is 1. The Morgan fingerprint density at radius 3 is 2.95 bits per heavy atom. The number of piperidine rings is 1. The van der Waals surface area contributed by atoms with Gasteiger partial charge < -0.3 is 10.0 Å². The minimum atomic E-state index is -0.827. The number of carbonyl (C=O) groups is 2. The number of aromatic nitrogens is 1. The average molecular weight is 262 g/mol. The van der Waals surface area contributed by atoms with Crippen molar-refractivity contribution in [3.05, 3.63) is 30.1 Å². The molecule has 1 amide bonds. The number of nitrogens with zero attached hydrogens (tertiary/aromatic N) is 2. The van der Waals surface area contributed by atoms with Crippen LogP contribution in [-0.4, -0.2) is 40.0 Å². The summed E-state index contributed by atoms with van der Waals surface area (Å²) in [5, 5.41) is 9.24. The van der Waals surface area contributed by atoms with E-state index in [0.717, 1.165) is 12.0 Å². The molecule has 1 saturated heterocycles. The van der Waals surface area contributed by atoms with E-state index in [1.54, 1.807) is 30.3 Å². The fourth-order valence-electron chi connectivity index (χ4n) is 2.42. The molecule has 5 nitrogen and oxygen atoms in total. The van der Waals surface area contributed by atoms with Crippen LogP contribution in [0.15, 0.2) is 24.5 Å². The largest absolute Gasteiger partial charge is 0.481 e. The molecule has 2 rings (SSSR count). The van der Waals surface area contributed by atoms with Gasteiger partial charge in [-0.2, -0.15) is 0 Å². The normalized spacial score (nSPS) is 23.1. The molecule has 2 heterocycles. The lowest BCUT2D eigenvalue weighted by Crippen LogP contribution is -2.48. The molecular formula is C14H18N2O3. The number of aliphatic carboxylic acids is 1. The molecule has 0 bridgehead atoms. The summed E-state index contributed by atoms with van der Waals surface area (Å²) in [6, 6.07) is 3.64. The monoisotopic (exact) mass is 262 g/mol. The number of hydrogen-bond donors (Lipinski definition) is 1. The second kappa shape index (κ2) is 5.38. The first-order valence-corrected chi connectivity index (χ1v) is 6.41. The minimum absolute atomic E-state index is 0.0276. The fraction of sp³-hybridized carbons (Fsp3) is 0.500. The molecule has 0 spiro atoms. The van der Waals surface area contributed by atoms with Gasteiger partial charge in [-0.25, -0.2) is 0 Å². The summed E-state index contributed by atoms with van der Waals surface area (Å²) in [5.74, 6) is -0.855. The Bertz CT molecular complexity index is 475. The highest BCUT2D eigenvalue weighted by molar-refractivity contribution is 5.81. The zero-order valence-corrected chi connectivity index (χ0v) is 11.0. The van der Waals surface area contributed by atoms with Crippen molar-refractivity contribution < 1.29 is 14.7 Å². The van der Waals surface area contributed by atoms with Crippen molar-refractivity contribution in [2.75, 3.05) is 13.1 Å². The van der Waals surface area contributed by atoms with Gasteiger partial charge in [0, 0.05) is 25.5 Å². The Morgan fingerprint density at radius 1 is 1.53 bits per heavy atom. The van der Waals surface area contributed by atoms with Crippen molar-refractivity contribution in [2.24, 2.45) is 5.41 Å². The van der Waals surface area contributed by atoms with Crippen LogP contribution in [0.2, 0.25) is 0 Å². The van der Waals surface area contributed by atoms with Crippen LogP contribution in [0, 0.1) is 5.41 Å². The molecule has 5 heteroatoms. The SMILES string of the molecule is CC1(C(=O)O)CCCN(C(=O)Cc2cccnc2)C1. The van der Waals surface area contributed by atoms with Crippen molar-refractivity contribution in [3.63, 3.8) is 0 Å². The molecule has 102 valence electrons. The second-order valence-corrected chi connectivity index (χ2v) is 5.32. The first-order valence-electron chi connectivity index (χ1n) is 6.41. The second-order valence-electron chi connectivity index (χ2n) is 5.32. The number of carboxylic acids is 1. The van der Waals surface area contributed by atoms with Crippen molar-refractivity contribution in [1.29, 1.82) is 0 Å². The van der Waals surface area contributed by atoms with Crippen LogP contribution in [0.4, 0.5) is 0 Å². The zero-order chi connectivity index (χ0) is 13.9. The van der Waals surface area contributed by atoms with Gasteiger partial charge in [0.15, 0.2) is 0 Å². The minimum Gasteiger partial charge on any atom is -0.481 e. The molecule has 1 unspecified atom stereocenters. The Morgan fingerprint density at radius 2 is 2.32 bits per heavy atom. The molecule has 1 N–H and O–H groups in total. The van der Waals surface area contributed by atoms with E-state index < -0.39 is 11.4 Å². The molecule has 1 aliphatic rings. The number of likely N-dealkylation sites (tertiary alicyclic amines) is 1. The maximum Gasteiger partial charge on any atom is 0.311 e. The molecule has 1 fully saturated rings. The molecule has 1 aromatic rings. The maximum atomic E-state index is 12.2. The number of carbonyl (C=O) groups excluding carboxylic acids is 1. The Kier molecular flexibility index (Phi) is 3.83. The topological polar surface area (TPSA) is 70.5 Å². The lowest BCUT2D eigenvalue weighted by atomic mass is 9.82. The molecule has 1 aromatic heterocycles. The fourth-order valence-corrected chi connectivity index (χ4v) is 2.42. The summed E-state index contributed by atoms with van der Waals surface area (Å²) in [4.78, 5) is 29.1. The molecule has 1 aliphatic heterocycles. The van der Waals surface area contributed by atoms with Gasteiger partial charge in [0.1, 0.15) is 0 Å². The number of carboxylic acid groups (broad SMARTS) is 1. The van der Waals surface area contributed by atoms with Gasteiger partial charge in [0.05, 0.1) is 11.8 Å². The number of pyridine rings is 1. The molecule has 0 aromatic carbocycles.